The highest BCUT2D eigenvalue weighted by molar-refractivity contribution is 6.01. The van der Waals surface area contributed by atoms with Crippen molar-refractivity contribution in [2.24, 2.45) is 16.7 Å². The number of fused-ring (bicyclic) bond motifs is 5. The molecule has 8 heteroatoms. The molecule has 0 radical (unpaired) electrons. The van der Waals surface area contributed by atoms with E-state index in [0.29, 0.717) is 66.6 Å². The van der Waals surface area contributed by atoms with Crippen molar-refractivity contribution in [1.82, 2.24) is 0 Å². The Balaban J connectivity index is 1.72. The van der Waals surface area contributed by atoms with Crippen LogP contribution in [-0.2, 0) is 22.6 Å². The van der Waals surface area contributed by atoms with Crippen molar-refractivity contribution in [3.8, 4) is 11.5 Å². The fourth-order valence-corrected chi connectivity index (χ4v) is 7.49. The zero-order valence-corrected chi connectivity index (χ0v) is 19.4. The maximum atomic E-state index is 12.5. The molecular weight excluding hydrogens is 428 g/mol. The number of cyclic esters (lactones) is 1. The molecule has 0 unspecified atom stereocenters. The zero-order chi connectivity index (χ0) is 24.0. The first-order valence-corrected chi connectivity index (χ1v) is 11.5. The molecule has 0 aromatic heterocycles. The molecular formula is C25H30O8. The molecule has 5 atom stereocenters. The molecule has 2 aliphatic heterocycles. The third kappa shape index (κ3) is 2.47. The smallest absolute Gasteiger partial charge is 0.342 e. The van der Waals surface area contributed by atoms with E-state index in [2.05, 4.69) is 0 Å². The van der Waals surface area contributed by atoms with Crippen LogP contribution in [-0.4, -0.2) is 46.7 Å². The highest BCUT2D eigenvalue weighted by Crippen LogP contribution is 2.67. The summed E-state index contributed by atoms with van der Waals surface area (Å²) >= 11 is 0. The van der Waals surface area contributed by atoms with E-state index < -0.39 is 34.0 Å². The average molecular weight is 459 g/mol. The van der Waals surface area contributed by atoms with Gasteiger partial charge in [0, 0.05) is 22.5 Å². The Labute approximate surface area is 192 Å². The highest BCUT2D eigenvalue weighted by atomic mass is 16.5. The van der Waals surface area contributed by atoms with E-state index in [1.165, 1.54) is 7.11 Å². The van der Waals surface area contributed by atoms with Crippen molar-refractivity contribution in [2.75, 3.05) is 7.11 Å². The van der Waals surface area contributed by atoms with Gasteiger partial charge in [0.05, 0.1) is 23.7 Å². The summed E-state index contributed by atoms with van der Waals surface area (Å²) in [5, 5.41) is 22.2. The number of carbonyl (C=O) groups excluding carboxylic acids is 2. The first-order chi connectivity index (χ1) is 15.5. The molecule has 0 amide bonds. The lowest BCUT2D eigenvalue weighted by atomic mass is 9.41. The van der Waals surface area contributed by atoms with Gasteiger partial charge in [0.1, 0.15) is 29.3 Å². The van der Waals surface area contributed by atoms with Gasteiger partial charge in [-0.2, -0.15) is 0 Å². The number of aliphatic carboxylic acids is 1. The maximum absolute atomic E-state index is 12.5. The molecule has 0 bridgehead atoms. The monoisotopic (exact) mass is 458 g/mol. The van der Waals surface area contributed by atoms with Gasteiger partial charge in [-0.3, -0.25) is 9.59 Å². The number of rotatable bonds is 3. The summed E-state index contributed by atoms with van der Waals surface area (Å²) in [5.41, 5.74) is -2.54. The normalized spacial score (nSPS) is 38.7. The fraction of sp³-hybridized carbons (Fsp3) is 0.640. The molecule has 2 aliphatic carbocycles. The van der Waals surface area contributed by atoms with Crippen LogP contribution in [0.5, 0.6) is 11.5 Å². The van der Waals surface area contributed by atoms with Gasteiger partial charge < -0.3 is 24.4 Å². The van der Waals surface area contributed by atoms with Gasteiger partial charge in [-0.15, -0.1) is 0 Å². The minimum absolute atomic E-state index is 0.0101. The van der Waals surface area contributed by atoms with Gasteiger partial charge in [-0.1, -0.05) is 13.3 Å². The predicted molar refractivity (Wildman–Crippen MR) is 116 cm³/mol. The first kappa shape index (κ1) is 22.2. The van der Waals surface area contributed by atoms with Crippen molar-refractivity contribution >= 4 is 18.2 Å². The summed E-state index contributed by atoms with van der Waals surface area (Å²) in [6, 6.07) is 0. The van der Waals surface area contributed by atoms with E-state index in [1.807, 2.05) is 13.8 Å². The summed E-state index contributed by atoms with van der Waals surface area (Å²) in [7, 11) is 1.47. The van der Waals surface area contributed by atoms with E-state index in [9.17, 15) is 24.6 Å². The lowest BCUT2D eigenvalue weighted by Crippen LogP contribution is -2.72. The molecule has 2 N–H and O–H groups in total. The molecule has 4 aliphatic rings. The topological polar surface area (TPSA) is 119 Å². The SMILES string of the molecule is COc1c2c(c(C=O)c3c1C(=O)OC3)O[C@]1(C)CC[C@@]3(O)[C@@](C)(C(=O)O)CCC[C@]3(C)[C@H]1C2. The molecule has 0 saturated heterocycles. The Hall–Kier alpha value is -2.61. The Morgan fingerprint density at radius 1 is 1.15 bits per heavy atom. The number of esters is 1. The second-order valence-corrected chi connectivity index (χ2v) is 10.7. The Morgan fingerprint density at radius 3 is 2.52 bits per heavy atom. The predicted octanol–water partition coefficient (Wildman–Crippen LogP) is 3.29. The lowest BCUT2D eigenvalue weighted by Gasteiger charge is -2.66. The number of methoxy groups -OCH3 is 1. The van der Waals surface area contributed by atoms with Gasteiger partial charge in [0.25, 0.3) is 0 Å². The van der Waals surface area contributed by atoms with Crippen LogP contribution in [0.3, 0.4) is 0 Å². The van der Waals surface area contributed by atoms with Crippen LogP contribution >= 0.6 is 0 Å². The number of carboxylic acids is 1. The van der Waals surface area contributed by atoms with E-state index in [4.69, 9.17) is 14.2 Å². The summed E-state index contributed by atoms with van der Waals surface area (Å²) in [6.45, 7) is 5.59. The van der Waals surface area contributed by atoms with Gasteiger partial charge >= 0.3 is 11.9 Å². The fourth-order valence-electron chi connectivity index (χ4n) is 7.49. The van der Waals surface area contributed by atoms with Crippen LogP contribution in [0.15, 0.2) is 0 Å². The number of hydrogen-bond donors (Lipinski definition) is 2. The molecule has 2 fully saturated rings. The molecule has 5 rings (SSSR count). The summed E-state index contributed by atoms with van der Waals surface area (Å²) in [5.74, 6) is -1.03. The number of aliphatic hydroxyl groups is 1. The summed E-state index contributed by atoms with van der Waals surface area (Å²) in [4.78, 5) is 37.0. The van der Waals surface area contributed by atoms with Crippen LogP contribution < -0.4 is 9.47 Å². The van der Waals surface area contributed by atoms with Crippen LogP contribution in [0, 0.1) is 16.7 Å². The van der Waals surface area contributed by atoms with Crippen LogP contribution in [0.4, 0.5) is 0 Å². The molecule has 2 heterocycles. The first-order valence-electron chi connectivity index (χ1n) is 11.5. The average Bonchev–Trinajstić information content (AvgIpc) is 3.14. The summed E-state index contributed by atoms with van der Waals surface area (Å²) in [6.07, 6.45) is 3.56. The number of hydrogen-bond acceptors (Lipinski definition) is 7. The Kier molecular flexibility index (Phi) is 4.52. The number of carbonyl (C=O) groups is 3. The van der Waals surface area contributed by atoms with E-state index in [0.717, 1.165) is 0 Å². The highest BCUT2D eigenvalue weighted by Gasteiger charge is 2.71. The molecule has 178 valence electrons. The summed E-state index contributed by atoms with van der Waals surface area (Å²) < 4.78 is 17.5. The number of ether oxygens (including phenoxy) is 3. The number of aldehydes is 1. The van der Waals surface area contributed by atoms with Crippen molar-refractivity contribution in [2.45, 2.75) is 77.1 Å². The van der Waals surface area contributed by atoms with Crippen LogP contribution in [0.1, 0.15) is 84.7 Å². The van der Waals surface area contributed by atoms with Crippen molar-refractivity contribution in [1.29, 1.82) is 0 Å². The Morgan fingerprint density at radius 2 is 1.88 bits per heavy atom. The number of carboxylic acid groups (broad SMARTS) is 1. The van der Waals surface area contributed by atoms with Crippen molar-refractivity contribution in [3.05, 3.63) is 22.3 Å². The van der Waals surface area contributed by atoms with E-state index >= 15 is 0 Å². The van der Waals surface area contributed by atoms with Crippen LogP contribution in [0.25, 0.3) is 0 Å². The quantitative estimate of drug-likeness (QED) is 0.523. The second-order valence-electron chi connectivity index (χ2n) is 10.7. The van der Waals surface area contributed by atoms with Gasteiger partial charge in [0.15, 0.2) is 6.29 Å². The van der Waals surface area contributed by atoms with E-state index in [-0.39, 0.29) is 24.5 Å². The molecule has 33 heavy (non-hydrogen) atoms. The minimum Gasteiger partial charge on any atom is -0.495 e. The van der Waals surface area contributed by atoms with Gasteiger partial charge in [0.2, 0.25) is 0 Å². The zero-order valence-electron chi connectivity index (χ0n) is 19.4. The minimum atomic E-state index is -1.43. The molecule has 0 spiro atoms. The molecule has 1 aromatic rings. The molecule has 8 nitrogen and oxygen atoms in total. The maximum Gasteiger partial charge on any atom is 0.342 e. The van der Waals surface area contributed by atoms with E-state index in [1.54, 1.807) is 6.92 Å². The molecule has 1 aromatic carbocycles. The van der Waals surface area contributed by atoms with Crippen molar-refractivity contribution < 1.29 is 38.8 Å². The van der Waals surface area contributed by atoms with Gasteiger partial charge in [-0.05, 0) is 46.0 Å². The molecule has 2 saturated carbocycles. The second kappa shape index (κ2) is 6.72. The number of benzene rings is 1. The third-order valence-electron chi connectivity index (χ3n) is 9.46. The standard InChI is InChI=1S/C25H30O8/c1-22-6-5-7-23(2,21(28)29)25(22,30)9-8-24(3)16(22)10-13-18(33-24)14(11-26)15-12-32-20(27)17(15)19(13)31-4/h11,16,30H,5-10,12H2,1-4H3,(H,28,29)/t16-,22-,23-,24-,25+/m1/s1. The van der Waals surface area contributed by atoms with Crippen molar-refractivity contribution in [3.63, 3.8) is 0 Å². The Bertz CT molecular complexity index is 1090. The van der Waals surface area contributed by atoms with Crippen LogP contribution in [0.2, 0.25) is 0 Å². The third-order valence-corrected chi connectivity index (χ3v) is 9.46. The lowest BCUT2D eigenvalue weighted by molar-refractivity contribution is -0.267. The largest absolute Gasteiger partial charge is 0.495 e. The van der Waals surface area contributed by atoms with Gasteiger partial charge in [-0.25, -0.2) is 4.79 Å².